The van der Waals surface area contributed by atoms with Crippen molar-refractivity contribution >= 4 is 5.91 Å². The van der Waals surface area contributed by atoms with Crippen molar-refractivity contribution in [1.29, 1.82) is 0 Å². The van der Waals surface area contributed by atoms with E-state index in [0.717, 1.165) is 25.1 Å². The molecule has 2 N–H and O–H groups in total. The van der Waals surface area contributed by atoms with Crippen LogP contribution in [0.25, 0.3) is 0 Å². The smallest absolute Gasteiger partial charge is 0.244 e. The van der Waals surface area contributed by atoms with Crippen LogP contribution in [-0.4, -0.2) is 33.5 Å². The predicted molar refractivity (Wildman–Crippen MR) is 74.6 cm³/mol. The summed E-state index contributed by atoms with van der Waals surface area (Å²) in [5.74, 6) is -0.00593. The Hall–Kier alpha value is -1.43. The van der Waals surface area contributed by atoms with Gasteiger partial charge in [0.05, 0.1) is 11.9 Å². The van der Waals surface area contributed by atoms with E-state index in [1.165, 1.54) is 0 Å². The number of carbonyl (C=O) groups excluding carboxylic acids is 1. The zero-order valence-electron chi connectivity index (χ0n) is 12.3. The molecule has 0 fully saturated rings. The van der Waals surface area contributed by atoms with Gasteiger partial charge < -0.3 is 10.6 Å². The highest BCUT2D eigenvalue weighted by Gasteiger charge is 2.18. The first-order valence-corrected chi connectivity index (χ1v) is 7.04. The second kappa shape index (κ2) is 7.89. The molecule has 0 spiro atoms. The van der Waals surface area contributed by atoms with Gasteiger partial charge in [-0.15, -0.1) is 5.10 Å². The van der Waals surface area contributed by atoms with E-state index in [1.54, 1.807) is 4.68 Å². The highest BCUT2D eigenvalue weighted by atomic mass is 16.2. The van der Waals surface area contributed by atoms with E-state index in [0.29, 0.717) is 6.54 Å². The minimum Gasteiger partial charge on any atom is -0.352 e. The predicted octanol–water partition coefficient (Wildman–Crippen LogP) is 1.25. The van der Waals surface area contributed by atoms with Gasteiger partial charge >= 0.3 is 0 Å². The minimum absolute atomic E-state index is 0.00593. The fraction of sp³-hybridized carbons (Fsp3) is 0.769. The lowest BCUT2D eigenvalue weighted by molar-refractivity contribution is -0.124. The molecule has 1 aromatic rings. The Balaban J connectivity index is 2.58. The lowest BCUT2D eigenvalue weighted by atomic mass is 10.1. The van der Waals surface area contributed by atoms with Gasteiger partial charge in [0.1, 0.15) is 6.04 Å². The van der Waals surface area contributed by atoms with E-state index in [-0.39, 0.29) is 18.0 Å². The summed E-state index contributed by atoms with van der Waals surface area (Å²) in [4.78, 5) is 12.1. The molecule has 1 aromatic heterocycles. The second-order valence-corrected chi connectivity index (χ2v) is 4.67. The van der Waals surface area contributed by atoms with E-state index < -0.39 is 0 Å². The van der Waals surface area contributed by atoms with Crippen LogP contribution >= 0.6 is 0 Å². The van der Waals surface area contributed by atoms with E-state index in [9.17, 15) is 4.79 Å². The Bertz CT molecular complexity index is 386. The first-order valence-electron chi connectivity index (χ1n) is 7.04. The average molecular weight is 267 g/mol. The van der Waals surface area contributed by atoms with E-state index >= 15 is 0 Å². The van der Waals surface area contributed by atoms with Crippen molar-refractivity contribution in [1.82, 2.24) is 25.6 Å². The van der Waals surface area contributed by atoms with Crippen molar-refractivity contribution in [2.75, 3.05) is 6.54 Å². The standard InChI is InChI=1S/C13H25N5O/c1-5-11(6-2)15-13(19)10(4)18-9-12(16-17-18)8-14-7-3/h9-11,14H,5-8H2,1-4H3,(H,15,19). The van der Waals surface area contributed by atoms with Gasteiger partial charge in [-0.25, -0.2) is 4.68 Å². The molecular weight excluding hydrogens is 242 g/mol. The Morgan fingerprint density at radius 2 is 2.05 bits per heavy atom. The number of carbonyl (C=O) groups is 1. The summed E-state index contributed by atoms with van der Waals surface area (Å²) in [5.41, 5.74) is 0.851. The van der Waals surface area contributed by atoms with E-state index in [2.05, 4.69) is 34.8 Å². The van der Waals surface area contributed by atoms with Crippen molar-refractivity contribution in [2.24, 2.45) is 0 Å². The van der Waals surface area contributed by atoms with Crippen molar-refractivity contribution < 1.29 is 4.79 Å². The molecule has 1 rings (SSSR count). The Labute approximate surface area is 115 Å². The molecule has 0 aliphatic rings. The Morgan fingerprint density at radius 1 is 1.37 bits per heavy atom. The summed E-state index contributed by atoms with van der Waals surface area (Å²) in [5, 5.41) is 14.3. The van der Waals surface area contributed by atoms with Gasteiger partial charge in [0, 0.05) is 12.6 Å². The first kappa shape index (κ1) is 15.6. The molecule has 108 valence electrons. The van der Waals surface area contributed by atoms with Crippen LogP contribution < -0.4 is 10.6 Å². The van der Waals surface area contributed by atoms with Crippen LogP contribution in [0.2, 0.25) is 0 Å². The third kappa shape index (κ3) is 4.63. The topological polar surface area (TPSA) is 71.8 Å². The van der Waals surface area contributed by atoms with Gasteiger partial charge in [0.2, 0.25) is 5.91 Å². The molecule has 0 saturated carbocycles. The molecule has 1 amide bonds. The van der Waals surface area contributed by atoms with Crippen molar-refractivity contribution in [2.45, 2.75) is 59.2 Å². The number of amides is 1. The summed E-state index contributed by atoms with van der Waals surface area (Å²) in [6, 6.07) is -0.0943. The molecule has 1 unspecified atom stereocenters. The number of hydrogen-bond acceptors (Lipinski definition) is 4. The van der Waals surface area contributed by atoms with Gasteiger partial charge in [-0.3, -0.25) is 4.79 Å². The molecule has 0 aliphatic heterocycles. The van der Waals surface area contributed by atoms with Crippen LogP contribution in [0.5, 0.6) is 0 Å². The molecule has 1 heterocycles. The number of nitrogens with zero attached hydrogens (tertiary/aromatic N) is 3. The first-order chi connectivity index (χ1) is 9.12. The molecule has 0 saturated heterocycles. The number of nitrogens with one attached hydrogen (secondary N) is 2. The molecular formula is C13H25N5O. The quantitative estimate of drug-likeness (QED) is 0.743. The molecule has 19 heavy (non-hydrogen) atoms. The van der Waals surface area contributed by atoms with Gasteiger partial charge in [-0.05, 0) is 26.3 Å². The van der Waals surface area contributed by atoms with Crippen LogP contribution in [-0.2, 0) is 11.3 Å². The van der Waals surface area contributed by atoms with Gasteiger partial charge in [0.25, 0.3) is 0 Å². The number of rotatable bonds is 8. The highest BCUT2D eigenvalue weighted by molar-refractivity contribution is 5.80. The molecule has 0 bridgehead atoms. The minimum atomic E-state index is -0.330. The van der Waals surface area contributed by atoms with Gasteiger partial charge in [0.15, 0.2) is 0 Å². The van der Waals surface area contributed by atoms with Crippen molar-refractivity contribution in [3.63, 3.8) is 0 Å². The summed E-state index contributed by atoms with van der Waals surface area (Å²) in [6.07, 6.45) is 3.70. The lowest BCUT2D eigenvalue weighted by Crippen LogP contribution is -2.38. The monoisotopic (exact) mass is 267 g/mol. The molecule has 6 nitrogen and oxygen atoms in total. The van der Waals surface area contributed by atoms with Crippen LogP contribution in [0.3, 0.4) is 0 Å². The van der Waals surface area contributed by atoms with Gasteiger partial charge in [-0.1, -0.05) is 26.0 Å². The maximum absolute atomic E-state index is 12.1. The van der Waals surface area contributed by atoms with Crippen molar-refractivity contribution in [3.05, 3.63) is 11.9 Å². The Morgan fingerprint density at radius 3 is 2.63 bits per heavy atom. The van der Waals surface area contributed by atoms with Crippen LogP contribution in [0, 0.1) is 0 Å². The number of hydrogen-bond donors (Lipinski definition) is 2. The third-order valence-electron chi connectivity index (χ3n) is 3.22. The third-order valence-corrected chi connectivity index (χ3v) is 3.22. The maximum Gasteiger partial charge on any atom is 0.244 e. The fourth-order valence-electron chi connectivity index (χ4n) is 1.77. The lowest BCUT2D eigenvalue weighted by Gasteiger charge is -2.18. The summed E-state index contributed by atoms with van der Waals surface area (Å²) < 4.78 is 1.62. The normalized spacial score (nSPS) is 12.7. The SMILES string of the molecule is CCNCc1cn(C(C)C(=O)NC(CC)CC)nn1. The summed E-state index contributed by atoms with van der Waals surface area (Å²) in [7, 11) is 0. The molecule has 0 aliphatic carbocycles. The molecule has 1 atom stereocenters. The number of aromatic nitrogens is 3. The van der Waals surface area contributed by atoms with Crippen LogP contribution in [0.4, 0.5) is 0 Å². The largest absolute Gasteiger partial charge is 0.352 e. The fourth-order valence-corrected chi connectivity index (χ4v) is 1.77. The van der Waals surface area contributed by atoms with Crippen molar-refractivity contribution in [3.8, 4) is 0 Å². The zero-order valence-corrected chi connectivity index (χ0v) is 12.3. The van der Waals surface area contributed by atoms with Crippen LogP contribution in [0.15, 0.2) is 6.20 Å². The maximum atomic E-state index is 12.1. The zero-order chi connectivity index (χ0) is 14.3. The van der Waals surface area contributed by atoms with E-state index in [1.807, 2.05) is 20.0 Å². The van der Waals surface area contributed by atoms with Crippen LogP contribution in [0.1, 0.15) is 52.3 Å². The molecule has 6 heteroatoms. The highest BCUT2D eigenvalue weighted by Crippen LogP contribution is 2.07. The van der Waals surface area contributed by atoms with Gasteiger partial charge in [-0.2, -0.15) is 0 Å². The molecule has 0 aromatic carbocycles. The second-order valence-electron chi connectivity index (χ2n) is 4.67. The summed E-state index contributed by atoms with van der Waals surface area (Å²) >= 11 is 0. The van der Waals surface area contributed by atoms with E-state index in [4.69, 9.17) is 0 Å². The summed E-state index contributed by atoms with van der Waals surface area (Å²) in [6.45, 7) is 9.58. The average Bonchev–Trinajstić information content (AvgIpc) is 2.90. The Kier molecular flexibility index (Phi) is 6.49. The molecule has 0 radical (unpaired) electrons.